The maximum absolute atomic E-state index is 13.6. The van der Waals surface area contributed by atoms with Crippen LogP contribution in [-0.4, -0.2) is 45.4 Å². The lowest BCUT2D eigenvalue weighted by Gasteiger charge is -2.12. The van der Waals surface area contributed by atoms with E-state index >= 15 is 0 Å². The maximum atomic E-state index is 13.6. The third-order valence-electron chi connectivity index (χ3n) is 4.50. The largest absolute Gasteiger partial charge is 0.934 e. The Bertz CT molecular complexity index is 917. The highest BCUT2D eigenvalue weighted by Gasteiger charge is 2.42. The summed E-state index contributed by atoms with van der Waals surface area (Å²) >= 11 is 0. The molecule has 0 spiro atoms. The van der Waals surface area contributed by atoms with Gasteiger partial charge in [-0.15, -0.1) is 5.06 Å². The highest BCUT2D eigenvalue weighted by atomic mass is 19.2. The lowest BCUT2D eigenvalue weighted by molar-refractivity contribution is -0.342. The molecule has 10 heteroatoms. The molecule has 0 aromatic carbocycles. The number of aryl methyl sites for hydroxylation is 2. The summed E-state index contributed by atoms with van der Waals surface area (Å²) in [6, 6.07) is 1.92. The van der Waals surface area contributed by atoms with Crippen LogP contribution in [0.3, 0.4) is 0 Å². The van der Waals surface area contributed by atoms with E-state index < -0.39 is 25.2 Å². The molecule has 2 aliphatic rings. The van der Waals surface area contributed by atoms with Gasteiger partial charge >= 0.3 is 13.4 Å². The number of hydrogen-bond acceptors (Lipinski definition) is 4. The van der Waals surface area contributed by atoms with Gasteiger partial charge in [0.15, 0.2) is 11.4 Å². The molecular formula is C18H19BF2N3O4+. The van der Waals surface area contributed by atoms with Crippen molar-refractivity contribution in [3.63, 3.8) is 0 Å². The summed E-state index contributed by atoms with van der Waals surface area (Å²) in [7, 11) is -2.79. The van der Waals surface area contributed by atoms with Crippen molar-refractivity contribution in [1.82, 2.24) is 10.0 Å². The molecule has 1 aromatic rings. The van der Waals surface area contributed by atoms with E-state index in [0.29, 0.717) is 10.8 Å². The quantitative estimate of drug-likeness (QED) is 0.597. The summed E-state index contributed by atoms with van der Waals surface area (Å²) in [5.41, 5.74) is 3.14. The highest BCUT2D eigenvalue weighted by Crippen LogP contribution is 2.21. The molecule has 0 bridgehead atoms. The van der Waals surface area contributed by atoms with Crippen molar-refractivity contribution in [2.45, 2.75) is 39.5 Å². The van der Waals surface area contributed by atoms with Gasteiger partial charge < -0.3 is 9.82 Å². The number of halogens is 2. The summed E-state index contributed by atoms with van der Waals surface area (Å²) in [5.74, 6) is -1.99. The zero-order valence-corrected chi connectivity index (χ0v) is 15.5. The number of aromatic amines is 1. The van der Waals surface area contributed by atoms with Crippen LogP contribution in [0.1, 0.15) is 42.6 Å². The van der Waals surface area contributed by atoms with Crippen molar-refractivity contribution in [2.75, 3.05) is 0 Å². The second-order valence-corrected chi connectivity index (χ2v) is 6.64. The minimum atomic E-state index is -2.79. The first-order valence-corrected chi connectivity index (χ1v) is 8.82. The predicted octanol–water partition coefficient (Wildman–Crippen LogP) is 2.31. The van der Waals surface area contributed by atoms with Crippen LogP contribution in [0.25, 0.3) is 6.08 Å². The SMILES string of the molecule is Cc1cc(C)c(/C=C2/C=CC(CCC(=O)ON3C(=O)CCC3=O)=[N+]2B(F)F)[nH]1. The first kappa shape index (κ1) is 19.7. The minimum Gasteiger partial charge on any atom is -0.359 e. The van der Waals surface area contributed by atoms with E-state index in [1.165, 1.54) is 6.08 Å². The van der Waals surface area contributed by atoms with Gasteiger partial charge in [-0.1, -0.05) is 0 Å². The summed E-state index contributed by atoms with van der Waals surface area (Å²) in [4.78, 5) is 42.7. The van der Waals surface area contributed by atoms with Crippen molar-refractivity contribution in [3.05, 3.63) is 40.9 Å². The molecule has 1 N–H and O–H groups in total. The van der Waals surface area contributed by atoms with Crippen molar-refractivity contribution < 1.29 is 32.3 Å². The number of nitrogens with one attached hydrogen (secondary N) is 1. The van der Waals surface area contributed by atoms with E-state index in [1.54, 1.807) is 12.2 Å². The molecule has 28 heavy (non-hydrogen) atoms. The average molecular weight is 390 g/mol. The highest BCUT2D eigenvalue weighted by molar-refractivity contribution is 6.35. The van der Waals surface area contributed by atoms with E-state index in [4.69, 9.17) is 4.84 Å². The van der Waals surface area contributed by atoms with Crippen LogP contribution in [0.2, 0.25) is 0 Å². The summed E-state index contributed by atoms with van der Waals surface area (Å²) in [6.45, 7) is 3.76. The van der Waals surface area contributed by atoms with Crippen molar-refractivity contribution in [3.8, 4) is 0 Å². The van der Waals surface area contributed by atoms with Crippen LogP contribution >= 0.6 is 0 Å². The van der Waals surface area contributed by atoms with Gasteiger partial charge in [-0.3, -0.25) is 9.59 Å². The third kappa shape index (κ3) is 4.10. The number of amides is 2. The average Bonchev–Trinajstić information content (AvgIpc) is 3.27. The van der Waals surface area contributed by atoms with E-state index in [9.17, 15) is 23.0 Å². The number of allylic oxidation sites excluding steroid dienone is 2. The van der Waals surface area contributed by atoms with Gasteiger partial charge in [0.05, 0.1) is 6.42 Å². The molecule has 146 valence electrons. The fourth-order valence-corrected chi connectivity index (χ4v) is 3.15. The molecule has 0 atom stereocenters. The summed E-state index contributed by atoms with van der Waals surface area (Å²) in [5, 5.41) is 0.448. The minimum absolute atomic E-state index is 0.00280. The number of aromatic nitrogens is 1. The Morgan fingerprint density at radius 1 is 1.29 bits per heavy atom. The molecule has 2 amide bonds. The van der Waals surface area contributed by atoms with Gasteiger partial charge in [-0.2, -0.15) is 0 Å². The monoisotopic (exact) mass is 390 g/mol. The molecule has 0 aliphatic carbocycles. The molecule has 3 rings (SSSR count). The lowest BCUT2D eigenvalue weighted by atomic mass is 10.1. The van der Waals surface area contributed by atoms with E-state index in [-0.39, 0.29) is 31.4 Å². The number of H-pyrrole nitrogens is 1. The van der Waals surface area contributed by atoms with E-state index in [2.05, 4.69) is 4.98 Å². The molecule has 1 saturated heterocycles. The van der Waals surface area contributed by atoms with E-state index in [1.807, 2.05) is 19.9 Å². The van der Waals surface area contributed by atoms with Gasteiger partial charge in [-0.05, 0) is 25.5 Å². The van der Waals surface area contributed by atoms with Crippen LogP contribution in [0.15, 0.2) is 23.9 Å². The Labute approximate surface area is 160 Å². The van der Waals surface area contributed by atoms with Crippen molar-refractivity contribution in [1.29, 1.82) is 0 Å². The number of imide groups is 1. The van der Waals surface area contributed by atoms with Gasteiger partial charge in [0.2, 0.25) is 0 Å². The summed E-state index contributed by atoms with van der Waals surface area (Å²) < 4.78 is 28.0. The van der Waals surface area contributed by atoms with Crippen LogP contribution in [0.4, 0.5) is 8.63 Å². The lowest BCUT2D eigenvalue weighted by Crippen LogP contribution is -2.32. The molecule has 7 nitrogen and oxygen atoms in total. The Balaban J connectivity index is 1.71. The van der Waals surface area contributed by atoms with Crippen LogP contribution in [-0.2, 0) is 19.2 Å². The molecule has 0 radical (unpaired) electrons. The van der Waals surface area contributed by atoms with E-state index in [0.717, 1.165) is 21.4 Å². The molecule has 0 unspecified atom stereocenters. The van der Waals surface area contributed by atoms with Gasteiger partial charge in [0.1, 0.15) is 0 Å². The standard InChI is InChI=1S/C18H18BF2N3O4/c1-11-9-12(2)22-15(11)10-14-4-3-13(23(14)19(20)21)5-8-18(27)28-24-16(25)6-7-17(24)26/h3-4,9-10H,5-8H2,1-2H3/p+1. The molecular weight excluding hydrogens is 371 g/mol. The van der Waals surface area contributed by atoms with Crippen LogP contribution in [0, 0.1) is 13.8 Å². The first-order chi connectivity index (χ1) is 13.3. The molecule has 2 aliphatic heterocycles. The van der Waals surface area contributed by atoms with Crippen molar-refractivity contribution >= 4 is 37.0 Å². The smallest absolute Gasteiger partial charge is 0.359 e. The number of hydroxylamine groups is 2. The number of carbonyl (C=O) groups is 3. The number of rotatable bonds is 6. The molecule has 0 saturated carbocycles. The Hall–Kier alpha value is -3.04. The van der Waals surface area contributed by atoms with Crippen LogP contribution in [0.5, 0.6) is 0 Å². The molecule has 3 heterocycles. The Kier molecular flexibility index (Phi) is 5.57. The number of nitrogens with zero attached hydrogens (tertiary/aromatic N) is 2. The fourth-order valence-electron chi connectivity index (χ4n) is 3.15. The predicted molar refractivity (Wildman–Crippen MR) is 97.0 cm³/mol. The summed E-state index contributed by atoms with van der Waals surface area (Å²) in [6.07, 6.45) is 4.43. The van der Waals surface area contributed by atoms with Crippen LogP contribution < -0.4 is 0 Å². The zero-order valence-electron chi connectivity index (χ0n) is 15.5. The normalized spacial score (nSPS) is 18.0. The fraction of sp³-hybridized carbons (Fsp3) is 0.333. The Morgan fingerprint density at radius 3 is 2.54 bits per heavy atom. The van der Waals surface area contributed by atoms with Gasteiger partial charge in [0.25, 0.3) is 11.8 Å². The zero-order chi connectivity index (χ0) is 20.4. The molecule has 1 aromatic heterocycles. The van der Waals surface area contributed by atoms with Gasteiger partial charge in [0, 0.05) is 48.9 Å². The second-order valence-electron chi connectivity index (χ2n) is 6.64. The number of hydrogen-bond donors (Lipinski definition) is 1. The Morgan fingerprint density at radius 2 is 1.96 bits per heavy atom. The van der Waals surface area contributed by atoms with Crippen molar-refractivity contribution in [2.24, 2.45) is 0 Å². The number of carbonyl (C=O) groups excluding carboxylic acids is 3. The molecule has 1 fully saturated rings. The maximum Gasteiger partial charge on any atom is 0.934 e. The topological polar surface area (TPSA) is 82.5 Å². The first-order valence-electron chi connectivity index (χ1n) is 8.82. The third-order valence-corrected chi connectivity index (χ3v) is 4.50. The second kappa shape index (κ2) is 7.91. The van der Waals surface area contributed by atoms with Gasteiger partial charge in [-0.25, -0.2) is 17.9 Å².